The molecule has 2 aliphatic heterocycles. The van der Waals surface area contributed by atoms with Crippen molar-refractivity contribution in [1.29, 1.82) is 0 Å². The average molecular weight is 393 g/mol. The van der Waals surface area contributed by atoms with E-state index in [4.69, 9.17) is 11.5 Å². The average Bonchev–Trinajstić information content (AvgIpc) is 2.66. The summed E-state index contributed by atoms with van der Waals surface area (Å²) in [5.41, 5.74) is 13.1. The van der Waals surface area contributed by atoms with Crippen LogP contribution in [0, 0.1) is 5.92 Å². The molecule has 0 aromatic carbocycles. The number of nitrogens with one attached hydrogen (secondary N) is 3. The van der Waals surface area contributed by atoms with Crippen LogP contribution in [0.2, 0.25) is 0 Å². The molecule has 2 atom stereocenters. The minimum absolute atomic E-state index is 0.00484. The van der Waals surface area contributed by atoms with E-state index in [-0.39, 0.29) is 30.8 Å². The fourth-order valence-electron chi connectivity index (χ4n) is 3.75. The largest absolute Gasteiger partial charge is 0.346 e. The maximum Gasteiger partial charge on any atom is 0.233 e. The van der Waals surface area contributed by atoms with E-state index in [0.29, 0.717) is 18.7 Å². The summed E-state index contributed by atoms with van der Waals surface area (Å²) in [4.78, 5) is 30.8. The quantitative estimate of drug-likeness (QED) is 0.408. The minimum Gasteiger partial charge on any atom is -0.346 e. The van der Waals surface area contributed by atoms with E-state index in [9.17, 15) is 14.0 Å². The smallest absolute Gasteiger partial charge is 0.233 e. The number of halogens is 1. The van der Waals surface area contributed by atoms with E-state index in [2.05, 4.69) is 20.9 Å². The van der Waals surface area contributed by atoms with Gasteiger partial charge in [-0.3, -0.25) is 25.2 Å². The van der Waals surface area contributed by atoms with Gasteiger partial charge < -0.3 is 21.7 Å². The predicted octanol–water partition coefficient (Wildman–Crippen LogP) is -0.927. The number of hydrogen-bond donors (Lipinski definition) is 5. The third-order valence-electron chi connectivity index (χ3n) is 5.41. The zero-order valence-electron chi connectivity index (χ0n) is 15.9. The minimum atomic E-state index is -1.03. The van der Waals surface area contributed by atoms with Gasteiger partial charge in [0.05, 0.1) is 30.1 Å². The van der Waals surface area contributed by atoms with E-state index in [0.717, 1.165) is 12.0 Å². The lowest BCUT2D eigenvalue weighted by Crippen LogP contribution is -2.64. The number of anilines is 1. The van der Waals surface area contributed by atoms with Crippen molar-refractivity contribution in [3.63, 3.8) is 0 Å². The van der Waals surface area contributed by atoms with Gasteiger partial charge in [0.15, 0.2) is 0 Å². The molecular formula is C18H28FN7O2. The van der Waals surface area contributed by atoms with Crippen LogP contribution in [-0.4, -0.2) is 66.9 Å². The molecule has 10 heteroatoms. The molecule has 9 nitrogen and oxygen atoms in total. The van der Waals surface area contributed by atoms with Crippen LogP contribution in [0.5, 0.6) is 0 Å². The molecule has 0 bridgehead atoms. The number of likely N-dealkylation sites (tertiary alicyclic amines) is 1. The maximum atomic E-state index is 13.4. The molecule has 28 heavy (non-hydrogen) atoms. The zero-order chi connectivity index (χ0) is 20.3. The molecule has 2 saturated heterocycles. The highest BCUT2D eigenvalue weighted by Gasteiger charge is 2.35. The first-order valence-electron chi connectivity index (χ1n) is 9.47. The van der Waals surface area contributed by atoms with Gasteiger partial charge in [0, 0.05) is 39.3 Å². The number of pyridine rings is 1. The van der Waals surface area contributed by atoms with E-state index >= 15 is 0 Å². The van der Waals surface area contributed by atoms with Gasteiger partial charge in [0.2, 0.25) is 11.8 Å². The Bertz CT molecular complexity index is 709. The maximum absolute atomic E-state index is 13.4. The van der Waals surface area contributed by atoms with Crippen LogP contribution >= 0.6 is 0 Å². The van der Waals surface area contributed by atoms with Crippen LogP contribution in [0.15, 0.2) is 18.5 Å². The Hall–Kier alpha value is -2.14. The van der Waals surface area contributed by atoms with E-state index in [1.54, 1.807) is 24.3 Å². The van der Waals surface area contributed by atoms with Gasteiger partial charge in [-0.05, 0) is 24.0 Å². The molecule has 7 N–H and O–H groups in total. The summed E-state index contributed by atoms with van der Waals surface area (Å²) in [6, 6.07) is 1.82. The lowest BCUT2D eigenvalue weighted by molar-refractivity contribution is -0.132. The zero-order valence-corrected chi connectivity index (χ0v) is 15.9. The number of amides is 2. The van der Waals surface area contributed by atoms with Crippen molar-refractivity contribution in [3.05, 3.63) is 24.0 Å². The Morgan fingerprint density at radius 3 is 2.75 bits per heavy atom. The monoisotopic (exact) mass is 393 g/mol. The molecule has 3 rings (SSSR count). The Morgan fingerprint density at radius 2 is 2.11 bits per heavy atom. The van der Waals surface area contributed by atoms with Crippen molar-refractivity contribution in [3.8, 4) is 0 Å². The SMILES string of the molecule is CN1CCC(c2ccncc2NC(=O)C(C(N)N)C2NCC(F)CN2)CC1=O. The van der Waals surface area contributed by atoms with Crippen molar-refractivity contribution >= 4 is 17.5 Å². The highest BCUT2D eigenvalue weighted by Crippen LogP contribution is 2.33. The highest BCUT2D eigenvalue weighted by atomic mass is 19.1. The molecule has 0 aliphatic carbocycles. The first-order valence-corrected chi connectivity index (χ1v) is 9.47. The van der Waals surface area contributed by atoms with E-state index in [1.165, 1.54) is 0 Å². The summed E-state index contributed by atoms with van der Waals surface area (Å²) in [7, 11) is 1.78. The van der Waals surface area contributed by atoms with Crippen molar-refractivity contribution in [2.24, 2.45) is 17.4 Å². The summed E-state index contributed by atoms with van der Waals surface area (Å²) in [6.07, 6.45) is 1.90. The number of aromatic nitrogens is 1. The van der Waals surface area contributed by atoms with Crippen LogP contribution in [-0.2, 0) is 9.59 Å². The van der Waals surface area contributed by atoms with Crippen LogP contribution in [0.4, 0.5) is 10.1 Å². The number of carbonyl (C=O) groups excluding carboxylic acids is 2. The summed E-state index contributed by atoms with van der Waals surface area (Å²) < 4.78 is 13.4. The number of rotatable bonds is 5. The van der Waals surface area contributed by atoms with Crippen molar-refractivity contribution in [2.75, 3.05) is 32.0 Å². The number of nitrogens with zero attached hydrogens (tertiary/aromatic N) is 2. The van der Waals surface area contributed by atoms with Gasteiger partial charge >= 0.3 is 0 Å². The standard InChI is InChI=1S/C18H28FN7O2/c1-26-5-3-10(6-14(26)27)12-2-4-22-9-13(12)25-18(28)15(16(20)21)17-23-7-11(19)8-24-17/h2,4,9-11,15-17,23-24H,3,5-8,20-21H2,1H3,(H,25,28). The van der Waals surface area contributed by atoms with Crippen LogP contribution < -0.4 is 27.4 Å². The lowest BCUT2D eigenvalue weighted by atomic mass is 9.88. The number of hydrogen-bond acceptors (Lipinski definition) is 7. The Kier molecular flexibility index (Phi) is 6.55. The number of alkyl halides is 1. The second-order valence-corrected chi connectivity index (χ2v) is 7.45. The molecule has 3 heterocycles. The van der Waals surface area contributed by atoms with Crippen molar-refractivity contribution in [2.45, 2.75) is 37.3 Å². The van der Waals surface area contributed by atoms with Gasteiger partial charge in [-0.25, -0.2) is 4.39 Å². The van der Waals surface area contributed by atoms with Crippen LogP contribution in [0.1, 0.15) is 24.3 Å². The molecule has 1 aromatic rings. The molecule has 2 fully saturated rings. The Labute approximate surface area is 163 Å². The molecule has 1 aromatic heterocycles. The number of carbonyl (C=O) groups is 2. The molecule has 0 saturated carbocycles. The topological polar surface area (TPSA) is 138 Å². The van der Waals surface area contributed by atoms with E-state index < -0.39 is 24.4 Å². The van der Waals surface area contributed by atoms with Gasteiger partial charge in [0.1, 0.15) is 6.17 Å². The second kappa shape index (κ2) is 8.91. The van der Waals surface area contributed by atoms with Gasteiger partial charge in [-0.1, -0.05) is 0 Å². The van der Waals surface area contributed by atoms with Gasteiger partial charge in [0.25, 0.3) is 0 Å². The summed E-state index contributed by atoms with van der Waals surface area (Å²) in [5, 5.41) is 8.73. The molecule has 0 spiro atoms. The first kappa shape index (κ1) is 20.6. The Morgan fingerprint density at radius 1 is 1.39 bits per heavy atom. The van der Waals surface area contributed by atoms with Crippen LogP contribution in [0.25, 0.3) is 0 Å². The van der Waals surface area contributed by atoms with Crippen molar-refractivity contribution < 1.29 is 14.0 Å². The molecular weight excluding hydrogens is 365 g/mol. The van der Waals surface area contributed by atoms with Crippen molar-refractivity contribution in [1.82, 2.24) is 20.5 Å². The van der Waals surface area contributed by atoms with Crippen LogP contribution in [0.3, 0.4) is 0 Å². The predicted molar refractivity (Wildman–Crippen MR) is 103 cm³/mol. The first-order chi connectivity index (χ1) is 13.4. The molecule has 154 valence electrons. The third-order valence-corrected chi connectivity index (χ3v) is 5.41. The molecule has 2 aliphatic rings. The molecule has 2 unspecified atom stereocenters. The summed E-state index contributed by atoms with van der Waals surface area (Å²) in [6.45, 7) is 0.920. The van der Waals surface area contributed by atoms with E-state index in [1.807, 2.05) is 6.07 Å². The summed E-state index contributed by atoms with van der Waals surface area (Å²) >= 11 is 0. The summed E-state index contributed by atoms with van der Waals surface area (Å²) in [5.74, 6) is -1.11. The fourth-order valence-corrected chi connectivity index (χ4v) is 3.75. The number of piperidine rings is 1. The molecule has 2 amide bonds. The highest BCUT2D eigenvalue weighted by molar-refractivity contribution is 5.94. The second-order valence-electron chi connectivity index (χ2n) is 7.45. The Balaban J connectivity index is 1.75. The van der Waals surface area contributed by atoms with Gasteiger partial charge in [-0.15, -0.1) is 0 Å². The normalized spacial score (nSPS) is 27.0. The third kappa shape index (κ3) is 4.64. The molecule has 0 radical (unpaired) electrons. The van der Waals surface area contributed by atoms with Gasteiger partial charge in [-0.2, -0.15) is 0 Å². The fraction of sp³-hybridized carbons (Fsp3) is 0.611. The number of nitrogens with two attached hydrogens (primary N) is 2. The lowest BCUT2D eigenvalue weighted by Gasteiger charge is -2.35.